The number of nitrogens with zero attached hydrogens (tertiary/aromatic N) is 2. The van der Waals surface area contributed by atoms with Crippen LogP contribution in [0.2, 0.25) is 0 Å². The quantitative estimate of drug-likeness (QED) is 0.216. The largest absolute Gasteiger partial charge is 0.292 e. The number of para-hydroxylation sites is 2. The number of fused-ring (bicyclic) bond motifs is 4. The maximum absolute atomic E-state index is 5.36. The average Bonchev–Trinajstić information content (AvgIpc) is 3.54. The average molecular weight is 533 g/mol. The van der Waals surface area contributed by atoms with E-state index < -0.39 is 0 Å². The van der Waals surface area contributed by atoms with Crippen LogP contribution >= 0.6 is 0 Å². The van der Waals surface area contributed by atoms with Gasteiger partial charge in [-0.05, 0) is 94.0 Å². The molecule has 7 rings (SSSR count). The lowest BCUT2D eigenvalue weighted by Gasteiger charge is -2.24. The summed E-state index contributed by atoms with van der Waals surface area (Å²) in [5, 5.41) is 0. The molecule has 6 aromatic rings. The Morgan fingerprint density at radius 3 is 2.05 bits per heavy atom. The van der Waals surface area contributed by atoms with Crippen LogP contribution < -0.4 is 0 Å². The lowest BCUT2D eigenvalue weighted by molar-refractivity contribution is 0.811. The third-order valence-electron chi connectivity index (χ3n) is 8.64. The number of hydrogen-bond donors (Lipinski definition) is 0. The molecule has 1 aromatic heterocycles. The van der Waals surface area contributed by atoms with E-state index >= 15 is 0 Å². The fourth-order valence-electron chi connectivity index (χ4n) is 6.61. The van der Waals surface area contributed by atoms with E-state index in [-0.39, 0.29) is 0 Å². The summed E-state index contributed by atoms with van der Waals surface area (Å²) in [6, 6.07) is 37.8. The Labute approximate surface area is 243 Å². The van der Waals surface area contributed by atoms with Crippen LogP contribution in [-0.4, -0.2) is 9.55 Å². The molecule has 0 unspecified atom stereocenters. The summed E-state index contributed by atoms with van der Waals surface area (Å²) < 4.78 is 2.47. The van der Waals surface area contributed by atoms with Crippen molar-refractivity contribution in [2.24, 2.45) is 0 Å². The number of rotatable bonds is 5. The van der Waals surface area contributed by atoms with Crippen LogP contribution in [0.15, 0.2) is 103 Å². The summed E-state index contributed by atoms with van der Waals surface area (Å²) in [5.74, 6) is 1.71. The van der Waals surface area contributed by atoms with E-state index in [2.05, 4.69) is 142 Å². The summed E-state index contributed by atoms with van der Waals surface area (Å²) >= 11 is 0. The second-order valence-corrected chi connectivity index (χ2v) is 12.1. The third kappa shape index (κ3) is 4.21. The van der Waals surface area contributed by atoms with Crippen LogP contribution in [0.5, 0.6) is 0 Å². The van der Waals surface area contributed by atoms with Gasteiger partial charge in [0.15, 0.2) is 0 Å². The van der Waals surface area contributed by atoms with E-state index in [9.17, 15) is 0 Å². The van der Waals surface area contributed by atoms with Crippen LogP contribution in [0.25, 0.3) is 50.4 Å². The Bertz CT molecular complexity index is 1890. The van der Waals surface area contributed by atoms with Gasteiger partial charge < -0.3 is 0 Å². The molecule has 0 bridgehead atoms. The number of hydrogen-bond acceptors (Lipinski definition) is 1. The fourth-order valence-corrected chi connectivity index (χ4v) is 6.61. The van der Waals surface area contributed by atoms with Crippen molar-refractivity contribution in [1.82, 2.24) is 9.55 Å². The van der Waals surface area contributed by atoms with Crippen LogP contribution in [0.3, 0.4) is 0 Å². The molecular formula is C39H36N2. The van der Waals surface area contributed by atoms with Gasteiger partial charge in [-0.3, -0.25) is 4.57 Å². The minimum Gasteiger partial charge on any atom is -0.292 e. The standard InChI is InChI=1S/C39H36N2/c1-24(2)33-21-28(27-12-7-6-8-13-27)22-34(25(3)4)38(33)41-37-17-10-9-16-36(37)40-39(41)32-15-11-14-31-30-19-18-26(5)20-29(30)23-35(31)32/h6-22,24-25H,23H2,1-5H3. The Balaban J connectivity index is 1.54. The Morgan fingerprint density at radius 1 is 0.634 bits per heavy atom. The molecule has 5 aromatic carbocycles. The van der Waals surface area contributed by atoms with E-state index in [1.165, 1.54) is 61.3 Å². The van der Waals surface area contributed by atoms with Crippen molar-refractivity contribution >= 4 is 11.0 Å². The highest BCUT2D eigenvalue weighted by molar-refractivity contribution is 5.89. The second-order valence-electron chi connectivity index (χ2n) is 12.1. The topological polar surface area (TPSA) is 17.8 Å². The fraction of sp³-hybridized carbons (Fsp3) is 0.205. The molecular weight excluding hydrogens is 496 g/mol. The van der Waals surface area contributed by atoms with Gasteiger partial charge in [0.1, 0.15) is 5.82 Å². The predicted molar refractivity (Wildman–Crippen MR) is 173 cm³/mol. The molecule has 1 aliphatic rings. The summed E-state index contributed by atoms with van der Waals surface area (Å²) in [6.45, 7) is 11.4. The normalized spacial score (nSPS) is 12.4. The summed E-state index contributed by atoms with van der Waals surface area (Å²) in [5.41, 5.74) is 16.7. The molecule has 1 heterocycles. The molecule has 2 nitrogen and oxygen atoms in total. The van der Waals surface area contributed by atoms with E-state index in [1.54, 1.807) is 0 Å². The first-order chi connectivity index (χ1) is 19.9. The summed E-state index contributed by atoms with van der Waals surface area (Å²) in [4.78, 5) is 5.36. The minimum absolute atomic E-state index is 0.342. The maximum atomic E-state index is 5.36. The first-order valence-corrected chi connectivity index (χ1v) is 14.8. The molecule has 0 spiro atoms. The van der Waals surface area contributed by atoms with E-state index in [0.29, 0.717) is 11.8 Å². The number of aryl methyl sites for hydroxylation is 1. The molecule has 0 fully saturated rings. The van der Waals surface area contributed by atoms with E-state index in [0.717, 1.165) is 23.3 Å². The lowest BCUT2D eigenvalue weighted by atomic mass is 9.88. The molecule has 0 N–H and O–H groups in total. The van der Waals surface area contributed by atoms with Crippen LogP contribution in [0.1, 0.15) is 67.3 Å². The van der Waals surface area contributed by atoms with Gasteiger partial charge in [-0.1, -0.05) is 112 Å². The molecule has 41 heavy (non-hydrogen) atoms. The Kier molecular flexibility index (Phi) is 6.16. The van der Waals surface area contributed by atoms with Crippen LogP contribution in [0, 0.1) is 6.92 Å². The molecule has 0 radical (unpaired) electrons. The van der Waals surface area contributed by atoms with Gasteiger partial charge in [0.2, 0.25) is 0 Å². The Morgan fingerprint density at radius 2 is 1.32 bits per heavy atom. The smallest absolute Gasteiger partial charge is 0.146 e. The molecule has 0 aliphatic heterocycles. The van der Waals surface area contributed by atoms with Crippen molar-refractivity contribution in [3.05, 3.63) is 131 Å². The third-order valence-corrected chi connectivity index (χ3v) is 8.64. The first kappa shape index (κ1) is 25.5. The summed E-state index contributed by atoms with van der Waals surface area (Å²) in [7, 11) is 0. The predicted octanol–water partition coefficient (Wildman–Crippen LogP) is 10.5. The van der Waals surface area contributed by atoms with E-state index in [1.807, 2.05) is 0 Å². The van der Waals surface area contributed by atoms with Gasteiger partial charge in [0.05, 0.1) is 16.7 Å². The molecule has 0 saturated carbocycles. The second kappa shape index (κ2) is 9.89. The van der Waals surface area contributed by atoms with Crippen molar-refractivity contribution in [3.63, 3.8) is 0 Å². The highest BCUT2D eigenvalue weighted by Gasteiger charge is 2.27. The Hall–Kier alpha value is -4.43. The van der Waals surface area contributed by atoms with E-state index in [4.69, 9.17) is 4.98 Å². The van der Waals surface area contributed by atoms with Gasteiger partial charge in [0.25, 0.3) is 0 Å². The monoisotopic (exact) mass is 532 g/mol. The number of benzene rings is 5. The molecule has 2 heteroatoms. The van der Waals surface area contributed by atoms with Crippen LogP contribution in [0.4, 0.5) is 0 Å². The number of aromatic nitrogens is 2. The maximum Gasteiger partial charge on any atom is 0.146 e. The highest BCUT2D eigenvalue weighted by atomic mass is 15.1. The minimum atomic E-state index is 0.342. The van der Waals surface area contributed by atoms with Crippen molar-refractivity contribution < 1.29 is 0 Å². The first-order valence-electron chi connectivity index (χ1n) is 14.8. The molecule has 0 atom stereocenters. The number of imidazole rings is 1. The van der Waals surface area contributed by atoms with Crippen molar-refractivity contribution in [2.75, 3.05) is 0 Å². The molecule has 1 aliphatic carbocycles. The summed E-state index contributed by atoms with van der Waals surface area (Å²) in [6.07, 6.45) is 0.937. The van der Waals surface area contributed by atoms with Crippen LogP contribution in [-0.2, 0) is 6.42 Å². The highest BCUT2D eigenvalue weighted by Crippen LogP contribution is 2.45. The van der Waals surface area contributed by atoms with Crippen molar-refractivity contribution in [2.45, 2.75) is 52.9 Å². The van der Waals surface area contributed by atoms with Crippen molar-refractivity contribution in [3.8, 4) is 39.3 Å². The zero-order valence-electron chi connectivity index (χ0n) is 24.6. The lowest BCUT2D eigenvalue weighted by Crippen LogP contribution is -2.10. The van der Waals surface area contributed by atoms with Gasteiger partial charge in [-0.15, -0.1) is 0 Å². The van der Waals surface area contributed by atoms with Gasteiger partial charge in [0, 0.05) is 5.56 Å². The SMILES string of the molecule is Cc1ccc2c(c1)Cc1c-2cccc1-c1nc2ccccc2n1-c1c(C(C)C)cc(-c2ccccc2)cc1C(C)C. The zero-order valence-corrected chi connectivity index (χ0v) is 24.6. The van der Waals surface area contributed by atoms with Gasteiger partial charge in [-0.25, -0.2) is 4.98 Å². The molecule has 202 valence electrons. The van der Waals surface area contributed by atoms with Crippen molar-refractivity contribution in [1.29, 1.82) is 0 Å². The van der Waals surface area contributed by atoms with Gasteiger partial charge >= 0.3 is 0 Å². The molecule has 0 saturated heterocycles. The zero-order chi connectivity index (χ0) is 28.2. The molecule has 0 amide bonds. The van der Waals surface area contributed by atoms with Gasteiger partial charge in [-0.2, -0.15) is 0 Å².